The smallest absolute Gasteiger partial charge is 0.179 e. The lowest BCUT2D eigenvalue weighted by Gasteiger charge is -2.13. The van der Waals surface area contributed by atoms with Crippen LogP contribution in [0.3, 0.4) is 0 Å². The number of hydrogen-bond acceptors (Lipinski definition) is 3. The van der Waals surface area contributed by atoms with Gasteiger partial charge in [-0.1, -0.05) is 11.6 Å². The summed E-state index contributed by atoms with van der Waals surface area (Å²) >= 11 is 6.13. The van der Waals surface area contributed by atoms with Crippen LogP contribution in [0.2, 0.25) is 5.02 Å². The van der Waals surface area contributed by atoms with Crippen molar-refractivity contribution in [3.05, 3.63) is 28.8 Å². The summed E-state index contributed by atoms with van der Waals surface area (Å²) in [5.74, 6) is 1.90. The summed E-state index contributed by atoms with van der Waals surface area (Å²) in [4.78, 5) is 0. The second kappa shape index (κ2) is 6.40. The maximum Gasteiger partial charge on any atom is 0.179 e. The van der Waals surface area contributed by atoms with Gasteiger partial charge in [-0.3, -0.25) is 0 Å². The fourth-order valence-electron chi connectivity index (χ4n) is 1.55. The summed E-state index contributed by atoms with van der Waals surface area (Å²) in [6.07, 6.45) is 1.89. The molecule has 17 heavy (non-hydrogen) atoms. The molecule has 0 unspecified atom stereocenters. The largest absolute Gasteiger partial charge is 0.494 e. The number of rotatable bonds is 5. The number of methoxy groups -OCH3 is 2. The maximum atomic E-state index is 6.13. The highest BCUT2D eigenvalue weighted by molar-refractivity contribution is 6.32. The topological polar surface area (TPSA) is 27.7 Å². The molecule has 1 aromatic carbocycles. The average molecular weight is 257 g/mol. The standard InChI is InChI=1S/C13H17ClO3/c1-5-11(17-6-2)9-7-10(14)13(16-4)12(8-9)15-3/h5,7-8H,6H2,1-4H3. The Bertz CT molecular complexity index is 413. The first-order valence-corrected chi connectivity index (χ1v) is 5.76. The monoisotopic (exact) mass is 256 g/mol. The van der Waals surface area contributed by atoms with E-state index in [1.54, 1.807) is 20.3 Å². The van der Waals surface area contributed by atoms with Gasteiger partial charge in [0.25, 0.3) is 0 Å². The minimum absolute atomic E-state index is 0.501. The molecule has 0 amide bonds. The molecule has 0 saturated heterocycles. The molecule has 0 saturated carbocycles. The molecule has 0 radical (unpaired) electrons. The van der Waals surface area contributed by atoms with Gasteiger partial charge in [0.1, 0.15) is 5.76 Å². The summed E-state index contributed by atoms with van der Waals surface area (Å²) in [5, 5.41) is 0.501. The molecule has 0 fully saturated rings. The van der Waals surface area contributed by atoms with Gasteiger partial charge in [0, 0.05) is 5.56 Å². The highest BCUT2D eigenvalue weighted by atomic mass is 35.5. The molecule has 0 N–H and O–H groups in total. The molecular weight excluding hydrogens is 240 g/mol. The predicted octanol–water partition coefficient (Wildman–Crippen LogP) is 3.75. The molecular formula is C13H17ClO3. The Kier molecular flexibility index (Phi) is 5.16. The predicted molar refractivity (Wildman–Crippen MR) is 69.8 cm³/mol. The zero-order valence-corrected chi connectivity index (χ0v) is 11.3. The number of halogens is 1. The Morgan fingerprint density at radius 2 is 2.00 bits per heavy atom. The molecule has 3 nitrogen and oxygen atoms in total. The van der Waals surface area contributed by atoms with Crippen LogP contribution in [-0.2, 0) is 4.74 Å². The van der Waals surface area contributed by atoms with Crippen LogP contribution in [0.5, 0.6) is 11.5 Å². The third-order valence-corrected chi connectivity index (χ3v) is 2.56. The molecule has 0 spiro atoms. The van der Waals surface area contributed by atoms with Crippen LogP contribution >= 0.6 is 11.6 Å². The molecule has 0 aliphatic heterocycles. The summed E-state index contributed by atoms with van der Waals surface area (Å²) in [6, 6.07) is 3.64. The van der Waals surface area contributed by atoms with E-state index in [1.807, 2.05) is 26.0 Å². The molecule has 94 valence electrons. The summed E-state index contributed by atoms with van der Waals surface area (Å²) < 4.78 is 15.9. The quantitative estimate of drug-likeness (QED) is 0.751. The summed E-state index contributed by atoms with van der Waals surface area (Å²) in [6.45, 7) is 4.45. The summed E-state index contributed by atoms with van der Waals surface area (Å²) in [7, 11) is 3.14. The van der Waals surface area contributed by atoms with Crippen molar-refractivity contribution in [2.24, 2.45) is 0 Å². The number of benzene rings is 1. The molecule has 1 aromatic rings. The van der Waals surface area contributed by atoms with Crippen LogP contribution < -0.4 is 9.47 Å². The Morgan fingerprint density at radius 3 is 2.47 bits per heavy atom. The van der Waals surface area contributed by atoms with Gasteiger partial charge in [-0.2, -0.15) is 0 Å². The van der Waals surface area contributed by atoms with Crippen molar-refractivity contribution in [2.45, 2.75) is 13.8 Å². The lowest BCUT2D eigenvalue weighted by Crippen LogP contribution is -1.96. The van der Waals surface area contributed by atoms with E-state index < -0.39 is 0 Å². The van der Waals surface area contributed by atoms with Gasteiger partial charge in [0.15, 0.2) is 11.5 Å². The third-order valence-electron chi connectivity index (χ3n) is 2.28. The first kappa shape index (κ1) is 13.7. The Hall–Kier alpha value is -1.35. The number of ether oxygens (including phenoxy) is 3. The first-order valence-electron chi connectivity index (χ1n) is 5.38. The minimum atomic E-state index is 0.501. The average Bonchev–Trinajstić information content (AvgIpc) is 2.34. The Balaban J connectivity index is 3.23. The van der Waals surface area contributed by atoms with Gasteiger partial charge in [-0.25, -0.2) is 0 Å². The first-order chi connectivity index (χ1) is 8.17. The van der Waals surface area contributed by atoms with Crippen molar-refractivity contribution in [1.29, 1.82) is 0 Å². The number of allylic oxidation sites excluding steroid dienone is 1. The normalized spacial score (nSPS) is 11.2. The van der Waals surface area contributed by atoms with E-state index in [0.717, 1.165) is 11.3 Å². The van der Waals surface area contributed by atoms with Crippen molar-refractivity contribution >= 4 is 17.4 Å². The van der Waals surface area contributed by atoms with Crippen molar-refractivity contribution in [3.63, 3.8) is 0 Å². The van der Waals surface area contributed by atoms with E-state index in [0.29, 0.717) is 23.1 Å². The van der Waals surface area contributed by atoms with E-state index in [2.05, 4.69) is 0 Å². The lowest BCUT2D eigenvalue weighted by atomic mass is 10.1. The second-order valence-electron chi connectivity index (χ2n) is 3.28. The molecule has 0 heterocycles. The highest BCUT2D eigenvalue weighted by Gasteiger charge is 2.13. The molecule has 0 aliphatic rings. The van der Waals surface area contributed by atoms with E-state index >= 15 is 0 Å². The Labute approximate surface area is 107 Å². The molecule has 1 rings (SSSR count). The van der Waals surface area contributed by atoms with Crippen LogP contribution in [0.1, 0.15) is 19.4 Å². The van der Waals surface area contributed by atoms with E-state index in [4.69, 9.17) is 25.8 Å². The van der Waals surface area contributed by atoms with Crippen molar-refractivity contribution in [1.82, 2.24) is 0 Å². The van der Waals surface area contributed by atoms with Crippen LogP contribution in [0.25, 0.3) is 5.76 Å². The maximum absolute atomic E-state index is 6.13. The molecule has 0 aromatic heterocycles. The van der Waals surface area contributed by atoms with Gasteiger partial charge < -0.3 is 14.2 Å². The molecule has 0 atom stereocenters. The van der Waals surface area contributed by atoms with Crippen molar-refractivity contribution in [2.75, 3.05) is 20.8 Å². The van der Waals surface area contributed by atoms with E-state index in [1.165, 1.54) is 0 Å². The van der Waals surface area contributed by atoms with Crippen LogP contribution in [0.4, 0.5) is 0 Å². The summed E-state index contributed by atoms with van der Waals surface area (Å²) in [5.41, 5.74) is 0.872. The van der Waals surface area contributed by atoms with E-state index in [9.17, 15) is 0 Å². The number of hydrogen-bond donors (Lipinski definition) is 0. The van der Waals surface area contributed by atoms with Gasteiger partial charge in [-0.05, 0) is 32.1 Å². The van der Waals surface area contributed by atoms with Crippen LogP contribution in [-0.4, -0.2) is 20.8 Å². The fourth-order valence-corrected chi connectivity index (χ4v) is 1.84. The van der Waals surface area contributed by atoms with Gasteiger partial charge in [0.2, 0.25) is 0 Å². The third kappa shape index (κ3) is 3.07. The van der Waals surface area contributed by atoms with Gasteiger partial charge in [-0.15, -0.1) is 0 Å². The van der Waals surface area contributed by atoms with Crippen molar-refractivity contribution in [3.8, 4) is 11.5 Å². The van der Waals surface area contributed by atoms with E-state index in [-0.39, 0.29) is 0 Å². The van der Waals surface area contributed by atoms with Gasteiger partial charge >= 0.3 is 0 Å². The van der Waals surface area contributed by atoms with Gasteiger partial charge in [0.05, 0.1) is 25.8 Å². The molecule has 4 heteroatoms. The Morgan fingerprint density at radius 1 is 1.29 bits per heavy atom. The SMILES string of the molecule is CC=C(OCC)c1cc(Cl)c(OC)c(OC)c1. The second-order valence-corrected chi connectivity index (χ2v) is 3.69. The molecule has 0 bridgehead atoms. The van der Waals surface area contributed by atoms with Crippen LogP contribution in [0.15, 0.2) is 18.2 Å². The zero-order valence-electron chi connectivity index (χ0n) is 10.5. The minimum Gasteiger partial charge on any atom is -0.494 e. The highest BCUT2D eigenvalue weighted by Crippen LogP contribution is 2.37. The van der Waals surface area contributed by atoms with Crippen molar-refractivity contribution < 1.29 is 14.2 Å². The zero-order chi connectivity index (χ0) is 12.8. The lowest BCUT2D eigenvalue weighted by molar-refractivity contribution is 0.297. The molecule has 0 aliphatic carbocycles. The van der Waals surface area contributed by atoms with Crippen LogP contribution in [0, 0.1) is 0 Å². The fraction of sp³-hybridized carbons (Fsp3) is 0.385.